The zero-order chi connectivity index (χ0) is 8.10. The van der Waals surface area contributed by atoms with Crippen LogP contribution in [0.2, 0.25) is 0 Å². The second-order valence-corrected chi connectivity index (χ2v) is 3.00. The van der Waals surface area contributed by atoms with Crippen LogP contribution in [0.3, 0.4) is 0 Å². The van der Waals surface area contributed by atoms with Crippen molar-refractivity contribution in [2.75, 3.05) is 0 Å². The summed E-state index contributed by atoms with van der Waals surface area (Å²) in [5, 5.41) is 9.44. The van der Waals surface area contributed by atoms with Gasteiger partial charge in [0.1, 0.15) is 6.10 Å². The van der Waals surface area contributed by atoms with E-state index in [0.29, 0.717) is 0 Å². The standard InChI is InChI=1S/C9H16O2/c1-2-7-11-9-6-4-3-5-8(9)10/h2,7-10H,3-6H2,1H3/b7-2-. The number of ether oxygens (including phenoxy) is 1. The largest absolute Gasteiger partial charge is 0.496 e. The lowest BCUT2D eigenvalue weighted by molar-refractivity contribution is -0.0178. The number of aliphatic hydroxyl groups excluding tert-OH is 1. The van der Waals surface area contributed by atoms with Gasteiger partial charge in [0.2, 0.25) is 0 Å². The maximum absolute atomic E-state index is 9.44. The highest BCUT2D eigenvalue weighted by Gasteiger charge is 2.22. The molecular weight excluding hydrogens is 140 g/mol. The molecule has 2 unspecified atom stereocenters. The summed E-state index contributed by atoms with van der Waals surface area (Å²) in [5.41, 5.74) is 0. The lowest BCUT2D eigenvalue weighted by atomic mass is 9.95. The predicted molar refractivity (Wildman–Crippen MR) is 44.2 cm³/mol. The Morgan fingerprint density at radius 3 is 2.73 bits per heavy atom. The van der Waals surface area contributed by atoms with E-state index in [2.05, 4.69) is 0 Å². The van der Waals surface area contributed by atoms with Crippen molar-refractivity contribution in [2.45, 2.75) is 44.8 Å². The fraction of sp³-hybridized carbons (Fsp3) is 0.778. The van der Waals surface area contributed by atoms with E-state index in [9.17, 15) is 5.11 Å². The van der Waals surface area contributed by atoms with Crippen molar-refractivity contribution in [3.63, 3.8) is 0 Å². The van der Waals surface area contributed by atoms with Crippen molar-refractivity contribution < 1.29 is 9.84 Å². The molecule has 0 amide bonds. The molecule has 0 heterocycles. The number of rotatable bonds is 2. The maximum Gasteiger partial charge on any atom is 0.124 e. The van der Waals surface area contributed by atoms with Crippen molar-refractivity contribution in [1.29, 1.82) is 0 Å². The molecule has 0 spiro atoms. The third-order valence-corrected chi connectivity index (χ3v) is 2.06. The van der Waals surface area contributed by atoms with Crippen LogP contribution in [0, 0.1) is 0 Å². The van der Waals surface area contributed by atoms with Gasteiger partial charge in [0, 0.05) is 0 Å². The zero-order valence-corrected chi connectivity index (χ0v) is 6.99. The first-order valence-electron chi connectivity index (χ1n) is 4.29. The highest BCUT2D eigenvalue weighted by molar-refractivity contribution is 4.78. The third-order valence-electron chi connectivity index (χ3n) is 2.06. The van der Waals surface area contributed by atoms with Crippen LogP contribution in [0.25, 0.3) is 0 Å². The van der Waals surface area contributed by atoms with E-state index in [0.717, 1.165) is 19.3 Å². The van der Waals surface area contributed by atoms with Crippen LogP contribution in [0.4, 0.5) is 0 Å². The Hall–Kier alpha value is -0.500. The Morgan fingerprint density at radius 2 is 2.09 bits per heavy atom. The van der Waals surface area contributed by atoms with Gasteiger partial charge in [-0.15, -0.1) is 0 Å². The molecule has 0 aromatic carbocycles. The van der Waals surface area contributed by atoms with E-state index in [-0.39, 0.29) is 12.2 Å². The Kier molecular flexibility index (Phi) is 3.43. The Bertz CT molecular complexity index is 132. The first-order valence-corrected chi connectivity index (χ1v) is 4.29. The number of aliphatic hydroxyl groups is 1. The molecule has 1 aliphatic carbocycles. The van der Waals surface area contributed by atoms with Crippen LogP contribution in [0.5, 0.6) is 0 Å². The van der Waals surface area contributed by atoms with Crippen molar-refractivity contribution in [3.8, 4) is 0 Å². The molecule has 0 aliphatic heterocycles. The normalized spacial score (nSPS) is 32.5. The molecule has 0 saturated heterocycles. The molecule has 2 atom stereocenters. The molecule has 2 nitrogen and oxygen atoms in total. The van der Waals surface area contributed by atoms with Gasteiger partial charge < -0.3 is 9.84 Å². The van der Waals surface area contributed by atoms with Gasteiger partial charge in [0.05, 0.1) is 12.4 Å². The Balaban J connectivity index is 2.29. The van der Waals surface area contributed by atoms with E-state index in [1.165, 1.54) is 6.42 Å². The maximum atomic E-state index is 9.44. The fourth-order valence-electron chi connectivity index (χ4n) is 1.42. The van der Waals surface area contributed by atoms with E-state index in [4.69, 9.17) is 4.74 Å². The van der Waals surface area contributed by atoms with Gasteiger partial charge in [-0.05, 0) is 26.2 Å². The van der Waals surface area contributed by atoms with Gasteiger partial charge in [-0.3, -0.25) is 0 Å². The van der Waals surface area contributed by atoms with Crippen molar-refractivity contribution in [1.82, 2.24) is 0 Å². The summed E-state index contributed by atoms with van der Waals surface area (Å²) in [4.78, 5) is 0. The molecule has 0 aromatic rings. The van der Waals surface area contributed by atoms with Crippen LogP contribution < -0.4 is 0 Å². The lowest BCUT2D eigenvalue weighted by Gasteiger charge is -2.26. The summed E-state index contributed by atoms with van der Waals surface area (Å²) < 4.78 is 5.31. The van der Waals surface area contributed by atoms with Crippen LogP contribution in [-0.4, -0.2) is 17.3 Å². The summed E-state index contributed by atoms with van der Waals surface area (Å²) in [6, 6.07) is 0. The summed E-state index contributed by atoms with van der Waals surface area (Å²) in [7, 11) is 0. The van der Waals surface area contributed by atoms with Crippen LogP contribution in [0.15, 0.2) is 12.3 Å². The Labute approximate surface area is 67.9 Å². The number of hydrogen-bond donors (Lipinski definition) is 1. The highest BCUT2D eigenvalue weighted by Crippen LogP contribution is 2.20. The minimum absolute atomic E-state index is 0.0416. The summed E-state index contributed by atoms with van der Waals surface area (Å²) in [5.74, 6) is 0. The molecule has 2 heteroatoms. The van der Waals surface area contributed by atoms with Crippen molar-refractivity contribution in [3.05, 3.63) is 12.3 Å². The third kappa shape index (κ3) is 2.54. The quantitative estimate of drug-likeness (QED) is 0.618. The molecule has 1 N–H and O–H groups in total. The fourth-order valence-corrected chi connectivity index (χ4v) is 1.42. The van der Waals surface area contributed by atoms with Gasteiger partial charge in [-0.25, -0.2) is 0 Å². The van der Waals surface area contributed by atoms with E-state index >= 15 is 0 Å². The molecule has 0 radical (unpaired) electrons. The summed E-state index contributed by atoms with van der Waals surface area (Å²) in [6.45, 7) is 1.91. The van der Waals surface area contributed by atoms with E-state index < -0.39 is 0 Å². The second-order valence-electron chi connectivity index (χ2n) is 3.00. The van der Waals surface area contributed by atoms with Crippen LogP contribution >= 0.6 is 0 Å². The van der Waals surface area contributed by atoms with E-state index in [1.807, 2.05) is 13.0 Å². The highest BCUT2D eigenvalue weighted by atomic mass is 16.5. The van der Waals surface area contributed by atoms with Crippen molar-refractivity contribution in [2.24, 2.45) is 0 Å². The molecule has 1 aliphatic rings. The minimum Gasteiger partial charge on any atom is -0.496 e. The van der Waals surface area contributed by atoms with Gasteiger partial charge in [-0.2, -0.15) is 0 Å². The van der Waals surface area contributed by atoms with Gasteiger partial charge in [-0.1, -0.05) is 12.5 Å². The van der Waals surface area contributed by atoms with Gasteiger partial charge >= 0.3 is 0 Å². The zero-order valence-electron chi connectivity index (χ0n) is 6.99. The molecule has 1 fully saturated rings. The molecule has 64 valence electrons. The molecule has 1 rings (SSSR count). The summed E-state index contributed by atoms with van der Waals surface area (Å²) >= 11 is 0. The average molecular weight is 156 g/mol. The minimum atomic E-state index is -0.250. The first kappa shape index (κ1) is 8.60. The molecule has 0 bridgehead atoms. The molecule has 11 heavy (non-hydrogen) atoms. The summed E-state index contributed by atoms with van der Waals surface area (Å²) in [6.07, 6.45) is 7.50. The topological polar surface area (TPSA) is 29.5 Å². The van der Waals surface area contributed by atoms with Gasteiger partial charge in [0.15, 0.2) is 0 Å². The van der Waals surface area contributed by atoms with Crippen LogP contribution in [0.1, 0.15) is 32.6 Å². The van der Waals surface area contributed by atoms with Crippen LogP contribution in [-0.2, 0) is 4.74 Å². The number of hydrogen-bond acceptors (Lipinski definition) is 2. The molecule has 1 saturated carbocycles. The predicted octanol–water partition coefficient (Wildman–Crippen LogP) is 1.84. The average Bonchev–Trinajstić information content (AvgIpc) is 2.03. The van der Waals surface area contributed by atoms with Gasteiger partial charge in [0.25, 0.3) is 0 Å². The second kappa shape index (κ2) is 4.39. The van der Waals surface area contributed by atoms with Crippen molar-refractivity contribution >= 4 is 0 Å². The first-order chi connectivity index (χ1) is 5.34. The molecule has 0 aromatic heterocycles. The number of allylic oxidation sites excluding steroid dienone is 1. The SMILES string of the molecule is C/C=C\OC1CCCCC1O. The smallest absolute Gasteiger partial charge is 0.124 e. The van der Waals surface area contributed by atoms with E-state index in [1.54, 1.807) is 6.26 Å². The Morgan fingerprint density at radius 1 is 1.36 bits per heavy atom. The lowest BCUT2D eigenvalue weighted by Crippen LogP contribution is -2.30. The monoisotopic (exact) mass is 156 g/mol. The molecular formula is C9H16O2.